The fourth-order valence-electron chi connectivity index (χ4n) is 3.83. The fraction of sp³-hybridized carbons (Fsp3) is 1.00. The lowest BCUT2D eigenvalue weighted by Gasteiger charge is -2.38. The van der Waals surface area contributed by atoms with Crippen LogP contribution in [-0.2, 0) is 4.74 Å². The number of ether oxygens (including phenoxy) is 1. The van der Waals surface area contributed by atoms with Gasteiger partial charge in [-0.05, 0) is 38.1 Å². The molecule has 0 radical (unpaired) electrons. The number of hydrogen-bond acceptors (Lipinski definition) is 4. The van der Waals surface area contributed by atoms with Gasteiger partial charge in [0, 0.05) is 44.9 Å². The molecular formula is C14H27N3O. The Kier molecular flexibility index (Phi) is 3.63. The molecule has 3 fully saturated rings. The lowest BCUT2D eigenvalue weighted by atomic mass is 9.96. The summed E-state index contributed by atoms with van der Waals surface area (Å²) in [6, 6.07) is 0.885. The second-order valence-corrected chi connectivity index (χ2v) is 6.44. The van der Waals surface area contributed by atoms with Gasteiger partial charge in [0.25, 0.3) is 0 Å². The summed E-state index contributed by atoms with van der Waals surface area (Å²) >= 11 is 0. The molecular weight excluding hydrogens is 226 g/mol. The van der Waals surface area contributed by atoms with Crippen LogP contribution < -0.4 is 5.73 Å². The van der Waals surface area contributed by atoms with E-state index < -0.39 is 0 Å². The molecule has 0 aromatic rings. The molecule has 2 unspecified atom stereocenters. The second kappa shape index (κ2) is 5.08. The highest BCUT2D eigenvalue weighted by Crippen LogP contribution is 2.37. The van der Waals surface area contributed by atoms with Crippen LogP contribution in [0.3, 0.4) is 0 Å². The van der Waals surface area contributed by atoms with E-state index in [1.807, 2.05) is 7.11 Å². The molecule has 0 aromatic heterocycles. The molecule has 1 aliphatic carbocycles. The fourth-order valence-corrected chi connectivity index (χ4v) is 3.83. The topological polar surface area (TPSA) is 41.7 Å². The minimum atomic E-state index is 0.269. The maximum Gasteiger partial charge on any atom is 0.0503 e. The molecule has 104 valence electrons. The third-order valence-corrected chi connectivity index (χ3v) is 5.16. The normalized spacial score (nSPS) is 38.7. The largest absolute Gasteiger partial charge is 0.384 e. The number of likely N-dealkylation sites (tertiary alicyclic amines) is 2. The first-order valence-electron chi connectivity index (χ1n) is 7.45. The molecule has 3 aliphatic rings. The van der Waals surface area contributed by atoms with Crippen LogP contribution in [0.2, 0.25) is 0 Å². The van der Waals surface area contributed by atoms with Crippen molar-refractivity contribution in [1.82, 2.24) is 9.80 Å². The highest BCUT2D eigenvalue weighted by molar-refractivity contribution is 5.05. The summed E-state index contributed by atoms with van der Waals surface area (Å²) in [6.45, 7) is 6.58. The lowest BCUT2D eigenvalue weighted by Crippen LogP contribution is -2.55. The first-order valence-corrected chi connectivity index (χ1v) is 7.45. The molecule has 0 spiro atoms. The first kappa shape index (κ1) is 12.9. The van der Waals surface area contributed by atoms with Crippen LogP contribution >= 0.6 is 0 Å². The molecule has 1 saturated carbocycles. The van der Waals surface area contributed by atoms with Gasteiger partial charge in [0.2, 0.25) is 0 Å². The van der Waals surface area contributed by atoms with E-state index in [-0.39, 0.29) is 5.54 Å². The van der Waals surface area contributed by atoms with Gasteiger partial charge in [0.1, 0.15) is 0 Å². The van der Waals surface area contributed by atoms with Crippen molar-refractivity contribution in [3.63, 3.8) is 0 Å². The van der Waals surface area contributed by atoms with Crippen molar-refractivity contribution >= 4 is 0 Å². The summed E-state index contributed by atoms with van der Waals surface area (Å²) in [5, 5.41) is 0. The Bertz CT molecular complexity index is 295. The maximum atomic E-state index is 6.15. The second-order valence-electron chi connectivity index (χ2n) is 6.44. The van der Waals surface area contributed by atoms with E-state index in [0.29, 0.717) is 5.92 Å². The molecule has 0 amide bonds. The highest BCUT2D eigenvalue weighted by atomic mass is 16.5. The van der Waals surface area contributed by atoms with Gasteiger partial charge in [-0.1, -0.05) is 0 Å². The van der Waals surface area contributed by atoms with Gasteiger partial charge >= 0.3 is 0 Å². The molecule has 0 aromatic carbocycles. The van der Waals surface area contributed by atoms with Crippen molar-refractivity contribution in [2.75, 3.05) is 46.4 Å². The maximum absolute atomic E-state index is 6.15. The van der Waals surface area contributed by atoms with Crippen LogP contribution in [0.1, 0.15) is 25.7 Å². The Hall–Kier alpha value is -0.160. The number of methoxy groups -OCH3 is 1. The zero-order valence-corrected chi connectivity index (χ0v) is 11.6. The van der Waals surface area contributed by atoms with E-state index in [0.717, 1.165) is 19.2 Å². The van der Waals surface area contributed by atoms with E-state index in [1.54, 1.807) is 0 Å². The number of hydrogen-bond donors (Lipinski definition) is 1. The van der Waals surface area contributed by atoms with Gasteiger partial charge < -0.3 is 10.5 Å². The molecule has 18 heavy (non-hydrogen) atoms. The predicted octanol–water partition coefficient (Wildman–Crippen LogP) is 0.520. The van der Waals surface area contributed by atoms with E-state index in [1.165, 1.54) is 51.9 Å². The van der Waals surface area contributed by atoms with Crippen LogP contribution in [-0.4, -0.2) is 67.8 Å². The Morgan fingerprint density at radius 3 is 2.78 bits per heavy atom. The molecule has 2 aliphatic heterocycles. The van der Waals surface area contributed by atoms with Crippen molar-refractivity contribution < 1.29 is 4.74 Å². The molecule has 2 heterocycles. The lowest BCUT2D eigenvalue weighted by molar-refractivity contribution is 0.106. The summed E-state index contributed by atoms with van der Waals surface area (Å²) in [5.74, 6) is 0.716. The highest BCUT2D eigenvalue weighted by Gasteiger charge is 2.47. The Morgan fingerprint density at radius 2 is 2.11 bits per heavy atom. The summed E-state index contributed by atoms with van der Waals surface area (Å²) in [4.78, 5) is 5.34. The van der Waals surface area contributed by atoms with Crippen molar-refractivity contribution in [2.24, 2.45) is 11.7 Å². The van der Waals surface area contributed by atoms with Crippen molar-refractivity contribution in [1.29, 1.82) is 0 Å². The van der Waals surface area contributed by atoms with Gasteiger partial charge in [0.15, 0.2) is 0 Å². The van der Waals surface area contributed by atoms with Gasteiger partial charge in [-0.2, -0.15) is 0 Å². The van der Waals surface area contributed by atoms with Gasteiger partial charge in [-0.15, -0.1) is 0 Å². The molecule has 0 bridgehead atoms. The van der Waals surface area contributed by atoms with Gasteiger partial charge in [0.05, 0.1) is 6.61 Å². The van der Waals surface area contributed by atoms with Crippen LogP contribution in [0.5, 0.6) is 0 Å². The van der Waals surface area contributed by atoms with Crippen molar-refractivity contribution in [3.8, 4) is 0 Å². The summed E-state index contributed by atoms with van der Waals surface area (Å²) < 4.78 is 5.30. The monoisotopic (exact) mass is 253 g/mol. The van der Waals surface area contributed by atoms with Gasteiger partial charge in [-0.25, -0.2) is 0 Å². The quantitative estimate of drug-likeness (QED) is 0.776. The molecule has 2 saturated heterocycles. The Balaban J connectivity index is 1.62. The molecule has 2 N–H and O–H groups in total. The predicted molar refractivity (Wildman–Crippen MR) is 72.6 cm³/mol. The van der Waals surface area contributed by atoms with Crippen LogP contribution in [0.4, 0.5) is 0 Å². The van der Waals surface area contributed by atoms with Crippen LogP contribution in [0.25, 0.3) is 0 Å². The van der Waals surface area contributed by atoms with Crippen molar-refractivity contribution in [2.45, 2.75) is 37.3 Å². The average Bonchev–Trinajstić information content (AvgIpc) is 2.97. The zero-order chi connectivity index (χ0) is 12.6. The third kappa shape index (κ3) is 2.31. The summed E-state index contributed by atoms with van der Waals surface area (Å²) in [5.41, 5.74) is 6.42. The first-order chi connectivity index (χ1) is 8.77. The van der Waals surface area contributed by atoms with Gasteiger partial charge in [-0.3, -0.25) is 9.80 Å². The minimum Gasteiger partial charge on any atom is -0.384 e. The van der Waals surface area contributed by atoms with E-state index in [9.17, 15) is 0 Å². The molecule has 4 heteroatoms. The smallest absolute Gasteiger partial charge is 0.0503 e. The zero-order valence-electron chi connectivity index (χ0n) is 11.6. The van der Waals surface area contributed by atoms with E-state index in [4.69, 9.17) is 10.5 Å². The van der Waals surface area contributed by atoms with E-state index >= 15 is 0 Å². The Morgan fingerprint density at radius 1 is 1.28 bits per heavy atom. The standard InChI is InChI=1S/C14H27N3O/c1-18-9-12-4-6-17(8-12)14(10-15)5-7-16(11-14)13-2-3-13/h12-13H,2-11,15H2,1H3. The minimum absolute atomic E-state index is 0.269. The molecule has 2 atom stereocenters. The Labute approximate surface area is 110 Å². The molecule has 3 rings (SSSR count). The number of rotatable bonds is 5. The van der Waals surface area contributed by atoms with Crippen LogP contribution in [0, 0.1) is 5.92 Å². The number of nitrogens with zero attached hydrogens (tertiary/aromatic N) is 2. The van der Waals surface area contributed by atoms with E-state index in [2.05, 4.69) is 9.80 Å². The third-order valence-electron chi connectivity index (χ3n) is 5.16. The molecule has 4 nitrogen and oxygen atoms in total. The number of nitrogens with two attached hydrogens (primary N) is 1. The van der Waals surface area contributed by atoms with Crippen molar-refractivity contribution in [3.05, 3.63) is 0 Å². The SMILES string of the molecule is COCC1CCN(C2(CN)CCN(C3CC3)C2)C1. The summed E-state index contributed by atoms with van der Waals surface area (Å²) in [7, 11) is 1.81. The summed E-state index contributed by atoms with van der Waals surface area (Å²) in [6.07, 6.45) is 5.36. The van der Waals surface area contributed by atoms with Crippen LogP contribution in [0.15, 0.2) is 0 Å². The average molecular weight is 253 g/mol.